The molecule has 1 aromatic heterocycles. The lowest BCUT2D eigenvalue weighted by Crippen LogP contribution is -2.52. The highest BCUT2D eigenvalue weighted by atomic mass is 16.3. The Morgan fingerprint density at radius 2 is 2.17 bits per heavy atom. The summed E-state index contributed by atoms with van der Waals surface area (Å²) in [6.45, 7) is 0. The molecule has 18 heavy (non-hydrogen) atoms. The van der Waals surface area contributed by atoms with Crippen LogP contribution in [0.2, 0.25) is 0 Å². The first-order valence-corrected chi connectivity index (χ1v) is 5.56. The topological polar surface area (TPSA) is 102 Å². The van der Waals surface area contributed by atoms with Gasteiger partial charge in [-0.2, -0.15) is 0 Å². The summed E-state index contributed by atoms with van der Waals surface area (Å²) in [6, 6.07) is 7.62. The summed E-state index contributed by atoms with van der Waals surface area (Å²) in [5, 5.41) is 3.15. The molecule has 1 atom stereocenters. The number of aliphatic imine (C=N–C) groups is 1. The van der Waals surface area contributed by atoms with Gasteiger partial charge < -0.3 is 15.5 Å². The molecular formula is C12H13N5O. The van der Waals surface area contributed by atoms with E-state index in [1.807, 2.05) is 24.3 Å². The third-order valence-corrected chi connectivity index (χ3v) is 2.78. The second kappa shape index (κ2) is 3.85. The lowest BCUT2D eigenvalue weighted by atomic mass is 10.1. The maximum Gasteiger partial charge on any atom is 0.199 e. The van der Waals surface area contributed by atoms with E-state index in [1.54, 1.807) is 6.20 Å². The molecule has 1 aromatic carbocycles. The van der Waals surface area contributed by atoms with Crippen molar-refractivity contribution in [3.8, 4) is 0 Å². The molecule has 0 saturated carbocycles. The molecule has 0 fully saturated rings. The maximum absolute atomic E-state index is 6.18. The predicted octanol–water partition coefficient (Wildman–Crippen LogP) is 0.661. The number of rotatable bonds is 2. The minimum atomic E-state index is -1.02. The average Bonchev–Trinajstić information content (AvgIpc) is 2.81. The van der Waals surface area contributed by atoms with Crippen LogP contribution < -0.4 is 16.8 Å². The van der Waals surface area contributed by atoms with Crippen LogP contribution in [0.1, 0.15) is 11.5 Å². The largest absolute Gasteiger partial charge is 0.449 e. The van der Waals surface area contributed by atoms with Crippen molar-refractivity contribution in [2.75, 3.05) is 5.32 Å². The number of nitrogens with zero attached hydrogens (tertiary/aromatic N) is 2. The molecule has 1 aliphatic heterocycles. The lowest BCUT2D eigenvalue weighted by molar-refractivity contribution is 0.413. The van der Waals surface area contributed by atoms with Crippen LogP contribution in [-0.2, 0) is 6.42 Å². The number of hydrogen-bond acceptors (Lipinski definition) is 6. The monoisotopic (exact) mass is 243 g/mol. The zero-order chi connectivity index (χ0) is 12.6. The van der Waals surface area contributed by atoms with Gasteiger partial charge in [0.25, 0.3) is 0 Å². The first kappa shape index (κ1) is 10.8. The number of anilines is 1. The van der Waals surface area contributed by atoms with Crippen molar-refractivity contribution in [2.45, 2.75) is 12.2 Å². The van der Waals surface area contributed by atoms with Gasteiger partial charge in [-0.25, -0.2) is 9.98 Å². The minimum absolute atomic E-state index is 0.328. The number of hydrogen-bond donors (Lipinski definition) is 3. The van der Waals surface area contributed by atoms with Crippen molar-refractivity contribution in [1.82, 2.24) is 4.98 Å². The van der Waals surface area contributed by atoms with Gasteiger partial charge in [0.1, 0.15) is 12.1 Å². The van der Waals surface area contributed by atoms with Crippen molar-refractivity contribution >= 4 is 11.5 Å². The van der Waals surface area contributed by atoms with Crippen molar-refractivity contribution in [3.05, 3.63) is 48.2 Å². The Morgan fingerprint density at radius 1 is 1.33 bits per heavy atom. The van der Waals surface area contributed by atoms with E-state index in [1.165, 1.54) is 6.26 Å². The Bertz CT molecular complexity index is 592. The standard InChI is InChI=1S/C12H13N5O/c13-11-8-3-1-2-4-9(8)16-12(14,17-11)7-10-15-5-6-18-10/h1-6,16H,7,14H2,(H2,13,17). The Morgan fingerprint density at radius 3 is 2.94 bits per heavy atom. The van der Waals surface area contributed by atoms with Crippen LogP contribution in [0.25, 0.3) is 0 Å². The van der Waals surface area contributed by atoms with E-state index in [0.29, 0.717) is 18.1 Å². The third-order valence-electron chi connectivity index (χ3n) is 2.78. The summed E-state index contributed by atoms with van der Waals surface area (Å²) in [5.41, 5.74) is 13.8. The maximum atomic E-state index is 6.18. The summed E-state index contributed by atoms with van der Waals surface area (Å²) in [6.07, 6.45) is 3.40. The fourth-order valence-electron chi connectivity index (χ4n) is 2.01. The fourth-order valence-corrected chi connectivity index (χ4v) is 2.01. The number of nitrogens with two attached hydrogens (primary N) is 2. The van der Waals surface area contributed by atoms with Gasteiger partial charge in [-0.3, -0.25) is 5.73 Å². The summed E-state index contributed by atoms with van der Waals surface area (Å²) in [4.78, 5) is 8.33. The number of nitrogens with one attached hydrogen (secondary N) is 1. The minimum Gasteiger partial charge on any atom is -0.449 e. The van der Waals surface area contributed by atoms with Gasteiger partial charge in [-0.15, -0.1) is 0 Å². The number of benzene rings is 1. The average molecular weight is 243 g/mol. The SMILES string of the molecule is NC1=NC(N)(Cc2ncco2)Nc2ccccc21. The van der Waals surface area contributed by atoms with E-state index in [2.05, 4.69) is 15.3 Å². The van der Waals surface area contributed by atoms with Gasteiger partial charge in [0, 0.05) is 11.3 Å². The fraction of sp³-hybridized carbons (Fsp3) is 0.167. The highest BCUT2D eigenvalue weighted by molar-refractivity contribution is 6.04. The van der Waals surface area contributed by atoms with E-state index in [4.69, 9.17) is 15.9 Å². The molecule has 0 amide bonds. The number of aromatic nitrogens is 1. The van der Waals surface area contributed by atoms with Crippen LogP contribution in [0.5, 0.6) is 0 Å². The van der Waals surface area contributed by atoms with Crippen LogP contribution in [0.3, 0.4) is 0 Å². The second-order valence-corrected chi connectivity index (χ2v) is 4.19. The van der Waals surface area contributed by atoms with Gasteiger partial charge in [0.05, 0.1) is 12.6 Å². The molecule has 0 bridgehead atoms. The van der Waals surface area contributed by atoms with E-state index in [-0.39, 0.29) is 0 Å². The second-order valence-electron chi connectivity index (χ2n) is 4.19. The van der Waals surface area contributed by atoms with Gasteiger partial charge in [0.15, 0.2) is 11.7 Å². The normalized spacial score (nSPS) is 21.9. The smallest absolute Gasteiger partial charge is 0.199 e. The summed E-state index contributed by atoms with van der Waals surface area (Å²) in [7, 11) is 0. The lowest BCUT2D eigenvalue weighted by Gasteiger charge is -2.31. The number of oxazole rings is 1. The number of fused-ring (bicyclic) bond motifs is 1. The first-order valence-electron chi connectivity index (χ1n) is 5.56. The van der Waals surface area contributed by atoms with Crippen molar-refractivity contribution in [1.29, 1.82) is 0 Å². The Labute approximate surface area is 104 Å². The Kier molecular flexibility index (Phi) is 2.31. The highest BCUT2D eigenvalue weighted by Gasteiger charge is 2.31. The van der Waals surface area contributed by atoms with E-state index in [9.17, 15) is 0 Å². The molecule has 0 saturated heterocycles. The molecule has 1 aliphatic rings. The van der Waals surface area contributed by atoms with Crippen LogP contribution >= 0.6 is 0 Å². The molecule has 2 aromatic rings. The van der Waals surface area contributed by atoms with Gasteiger partial charge >= 0.3 is 0 Å². The van der Waals surface area contributed by atoms with Crippen molar-refractivity contribution < 1.29 is 4.42 Å². The quantitative estimate of drug-likeness (QED) is 0.719. The molecule has 1 unspecified atom stereocenters. The van der Waals surface area contributed by atoms with Gasteiger partial charge in [-0.1, -0.05) is 12.1 Å². The predicted molar refractivity (Wildman–Crippen MR) is 67.9 cm³/mol. The zero-order valence-electron chi connectivity index (χ0n) is 9.63. The number of para-hydroxylation sites is 1. The van der Waals surface area contributed by atoms with Crippen LogP contribution in [0.15, 0.2) is 46.1 Å². The summed E-state index contributed by atoms with van der Waals surface area (Å²) < 4.78 is 5.18. The van der Waals surface area contributed by atoms with Crippen LogP contribution in [0.4, 0.5) is 5.69 Å². The summed E-state index contributed by atoms with van der Waals surface area (Å²) >= 11 is 0. The Hall–Kier alpha value is -2.34. The van der Waals surface area contributed by atoms with Crippen molar-refractivity contribution in [2.24, 2.45) is 16.5 Å². The molecule has 92 valence electrons. The number of amidine groups is 1. The molecule has 6 heteroatoms. The molecule has 0 radical (unpaired) electrons. The molecule has 0 spiro atoms. The first-order chi connectivity index (χ1) is 8.66. The van der Waals surface area contributed by atoms with E-state index >= 15 is 0 Å². The van der Waals surface area contributed by atoms with E-state index < -0.39 is 5.79 Å². The Balaban J connectivity index is 1.95. The highest BCUT2D eigenvalue weighted by Crippen LogP contribution is 2.25. The molecule has 6 nitrogen and oxygen atoms in total. The molecule has 5 N–H and O–H groups in total. The molecule has 2 heterocycles. The third kappa shape index (κ3) is 1.82. The molecule has 3 rings (SSSR count). The van der Waals surface area contributed by atoms with Crippen molar-refractivity contribution in [3.63, 3.8) is 0 Å². The van der Waals surface area contributed by atoms with E-state index in [0.717, 1.165) is 11.3 Å². The van der Waals surface area contributed by atoms with Crippen LogP contribution in [0, 0.1) is 0 Å². The zero-order valence-corrected chi connectivity index (χ0v) is 9.63. The van der Waals surface area contributed by atoms with Crippen LogP contribution in [-0.4, -0.2) is 16.6 Å². The van der Waals surface area contributed by atoms with Gasteiger partial charge in [-0.05, 0) is 12.1 Å². The molecule has 0 aliphatic carbocycles. The molecular weight excluding hydrogens is 230 g/mol. The van der Waals surface area contributed by atoms with Gasteiger partial charge in [0.2, 0.25) is 0 Å². The summed E-state index contributed by atoms with van der Waals surface area (Å²) in [5.74, 6) is -0.0946.